The van der Waals surface area contributed by atoms with Gasteiger partial charge in [-0.05, 0) is 56.3 Å². The molecule has 3 aromatic rings. The monoisotopic (exact) mass is 394 g/mol. The smallest absolute Gasteiger partial charge is 0.490 e. The standard InChI is InChI=1S/C19H17F3N2O4/c1-3-25-15-10-7-13(11-16(15)26-4-2)18-23-17(24-28-18)12-5-8-14(9-6-12)27-19(20,21)22/h5-11H,3-4H2,1-2H3. The predicted molar refractivity (Wildman–Crippen MR) is 94.2 cm³/mol. The van der Waals surface area contributed by atoms with E-state index < -0.39 is 6.36 Å². The Kier molecular flexibility index (Phi) is 5.72. The maximum absolute atomic E-state index is 12.2. The van der Waals surface area contributed by atoms with Crippen molar-refractivity contribution in [2.75, 3.05) is 13.2 Å². The van der Waals surface area contributed by atoms with E-state index in [1.54, 1.807) is 18.2 Å². The molecule has 0 fully saturated rings. The van der Waals surface area contributed by atoms with Crippen LogP contribution >= 0.6 is 0 Å². The lowest BCUT2D eigenvalue weighted by Gasteiger charge is -2.11. The van der Waals surface area contributed by atoms with E-state index in [0.29, 0.717) is 35.8 Å². The van der Waals surface area contributed by atoms with Crippen LogP contribution in [0, 0.1) is 0 Å². The second kappa shape index (κ2) is 8.20. The lowest BCUT2D eigenvalue weighted by molar-refractivity contribution is -0.274. The van der Waals surface area contributed by atoms with Gasteiger partial charge in [-0.15, -0.1) is 13.2 Å². The quantitative estimate of drug-likeness (QED) is 0.555. The van der Waals surface area contributed by atoms with Crippen LogP contribution in [0.15, 0.2) is 47.0 Å². The Morgan fingerprint density at radius 2 is 1.54 bits per heavy atom. The third kappa shape index (κ3) is 4.73. The van der Waals surface area contributed by atoms with E-state index in [9.17, 15) is 13.2 Å². The molecule has 0 bridgehead atoms. The summed E-state index contributed by atoms with van der Waals surface area (Å²) in [7, 11) is 0. The molecule has 0 spiro atoms. The molecule has 0 aliphatic carbocycles. The topological polar surface area (TPSA) is 66.6 Å². The van der Waals surface area contributed by atoms with Gasteiger partial charge in [0, 0.05) is 11.1 Å². The summed E-state index contributed by atoms with van der Waals surface area (Å²) >= 11 is 0. The van der Waals surface area contributed by atoms with Gasteiger partial charge in [0.05, 0.1) is 13.2 Å². The van der Waals surface area contributed by atoms with Gasteiger partial charge in [-0.1, -0.05) is 5.16 Å². The van der Waals surface area contributed by atoms with Gasteiger partial charge in [0.25, 0.3) is 5.89 Å². The number of ether oxygens (including phenoxy) is 3. The van der Waals surface area contributed by atoms with Gasteiger partial charge in [-0.3, -0.25) is 0 Å². The van der Waals surface area contributed by atoms with Crippen molar-refractivity contribution < 1.29 is 31.9 Å². The average Bonchev–Trinajstić information content (AvgIpc) is 3.13. The third-order valence-corrected chi connectivity index (χ3v) is 3.56. The van der Waals surface area contributed by atoms with Crippen molar-refractivity contribution in [3.8, 4) is 40.1 Å². The van der Waals surface area contributed by atoms with Crippen molar-refractivity contribution in [2.24, 2.45) is 0 Å². The Bertz CT molecular complexity index is 924. The molecule has 6 nitrogen and oxygen atoms in total. The van der Waals surface area contributed by atoms with E-state index in [1.807, 2.05) is 13.8 Å². The molecule has 0 radical (unpaired) electrons. The van der Waals surface area contributed by atoms with Gasteiger partial charge in [-0.25, -0.2) is 0 Å². The molecule has 0 N–H and O–H groups in total. The summed E-state index contributed by atoms with van der Waals surface area (Å²) in [4.78, 5) is 4.29. The molecule has 0 aliphatic rings. The summed E-state index contributed by atoms with van der Waals surface area (Å²) in [5, 5.41) is 3.88. The highest BCUT2D eigenvalue weighted by Crippen LogP contribution is 2.33. The first kappa shape index (κ1) is 19.5. The first-order valence-corrected chi connectivity index (χ1v) is 8.49. The molecule has 148 valence electrons. The number of alkyl halides is 3. The largest absolute Gasteiger partial charge is 0.573 e. The molecule has 1 heterocycles. The second-order valence-corrected chi connectivity index (χ2v) is 5.52. The van der Waals surface area contributed by atoms with Crippen LogP contribution in [0.2, 0.25) is 0 Å². The molecule has 0 amide bonds. The van der Waals surface area contributed by atoms with Crippen molar-refractivity contribution in [3.63, 3.8) is 0 Å². The minimum Gasteiger partial charge on any atom is -0.490 e. The molecule has 9 heteroatoms. The van der Waals surface area contributed by atoms with Gasteiger partial charge in [-0.2, -0.15) is 4.98 Å². The Hall–Kier alpha value is -3.23. The predicted octanol–water partition coefficient (Wildman–Crippen LogP) is 5.10. The maximum Gasteiger partial charge on any atom is 0.573 e. The van der Waals surface area contributed by atoms with Crippen molar-refractivity contribution in [3.05, 3.63) is 42.5 Å². The molecule has 0 saturated carbocycles. The molecule has 28 heavy (non-hydrogen) atoms. The molecular weight excluding hydrogens is 377 g/mol. The normalized spacial score (nSPS) is 11.3. The number of rotatable bonds is 7. The van der Waals surface area contributed by atoms with E-state index in [2.05, 4.69) is 14.9 Å². The number of halogens is 3. The lowest BCUT2D eigenvalue weighted by atomic mass is 10.2. The number of hydrogen-bond acceptors (Lipinski definition) is 6. The minimum atomic E-state index is -4.74. The van der Waals surface area contributed by atoms with Crippen LogP contribution in [-0.4, -0.2) is 29.7 Å². The molecule has 0 aliphatic heterocycles. The molecule has 2 aromatic carbocycles. The molecule has 3 rings (SSSR count). The van der Waals surface area contributed by atoms with Gasteiger partial charge in [0.1, 0.15) is 5.75 Å². The lowest BCUT2D eigenvalue weighted by Crippen LogP contribution is -2.16. The second-order valence-electron chi connectivity index (χ2n) is 5.52. The summed E-state index contributed by atoms with van der Waals surface area (Å²) < 4.78 is 56.9. The van der Waals surface area contributed by atoms with Crippen LogP contribution in [0.4, 0.5) is 13.2 Å². The highest BCUT2D eigenvalue weighted by atomic mass is 19.4. The van der Waals surface area contributed by atoms with Crippen LogP contribution < -0.4 is 14.2 Å². The maximum atomic E-state index is 12.2. The molecule has 0 saturated heterocycles. The summed E-state index contributed by atoms with van der Waals surface area (Å²) in [5.74, 6) is 1.31. The third-order valence-electron chi connectivity index (χ3n) is 3.56. The van der Waals surface area contributed by atoms with Gasteiger partial charge in [0.2, 0.25) is 5.82 Å². The first-order valence-electron chi connectivity index (χ1n) is 8.49. The molecule has 0 unspecified atom stereocenters. The number of aromatic nitrogens is 2. The Morgan fingerprint density at radius 3 is 2.18 bits per heavy atom. The molecule has 0 atom stereocenters. The van der Waals surface area contributed by atoms with Crippen LogP contribution in [0.1, 0.15) is 13.8 Å². The molecule has 1 aromatic heterocycles. The van der Waals surface area contributed by atoms with E-state index in [0.717, 1.165) is 0 Å². The van der Waals surface area contributed by atoms with E-state index in [4.69, 9.17) is 14.0 Å². The number of benzene rings is 2. The Morgan fingerprint density at radius 1 is 0.893 bits per heavy atom. The fourth-order valence-corrected chi connectivity index (χ4v) is 2.45. The number of hydrogen-bond donors (Lipinski definition) is 0. The zero-order valence-electron chi connectivity index (χ0n) is 15.1. The van der Waals surface area contributed by atoms with Crippen LogP contribution in [0.3, 0.4) is 0 Å². The van der Waals surface area contributed by atoms with Gasteiger partial charge < -0.3 is 18.7 Å². The van der Waals surface area contributed by atoms with Crippen molar-refractivity contribution in [1.29, 1.82) is 0 Å². The fraction of sp³-hybridized carbons (Fsp3) is 0.263. The summed E-state index contributed by atoms with van der Waals surface area (Å²) in [5.41, 5.74) is 1.11. The van der Waals surface area contributed by atoms with Crippen molar-refractivity contribution in [1.82, 2.24) is 10.1 Å². The molecular formula is C19H17F3N2O4. The van der Waals surface area contributed by atoms with Crippen LogP contribution in [-0.2, 0) is 0 Å². The highest BCUT2D eigenvalue weighted by molar-refractivity contribution is 5.63. The first-order chi connectivity index (χ1) is 13.4. The SMILES string of the molecule is CCOc1ccc(-c2nc(-c3ccc(OC(F)(F)F)cc3)no2)cc1OCC. The zero-order valence-corrected chi connectivity index (χ0v) is 15.1. The van der Waals surface area contributed by atoms with Gasteiger partial charge in [0.15, 0.2) is 11.5 Å². The van der Waals surface area contributed by atoms with Gasteiger partial charge >= 0.3 is 6.36 Å². The van der Waals surface area contributed by atoms with E-state index in [-0.39, 0.29) is 17.5 Å². The van der Waals surface area contributed by atoms with Crippen LogP contribution in [0.25, 0.3) is 22.8 Å². The van der Waals surface area contributed by atoms with E-state index in [1.165, 1.54) is 24.3 Å². The zero-order chi connectivity index (χ0) is 20.1. The van der Waals surface area contributed by atoms with Crippen molar-refractivity contribution >= 4 is 0 Å². The summed E-state index contributed by atoms with van der Waals surface area (Å²) in [6.07, 6.45) is -4.74. The van der Waals surface area contributed by atoms with E-state index >= 15 is 0 Å². The summed E-state index contributed by atoms with van der Waals surface area (Å²) in [6, 6.07) is 10.4. The Labute approximate surface area is 158 Å². The summed E-state index contributed by atoms with van der Waals surface area (Å²) in [6.45, 7) is 4.70. The average molecular weight is 394 g/mol. The fourth-order valence-electron chi connectivity index (χ4n) is 2.45. The van der Waals surface area contributed by atoms with Crippen molar-refractivity contribution in [2.45, 2.75) is 20.2 Å². The minimum absolute atomic E-state index is 0.236. The number of nitrogens with zero attached hydrogens (tertiary/aromatic N) is 2. The Balaban J connectivity index is 1.83. The van der Waals surface area contributed by atoms with Crippen LogP contribution in [0.5, 0.6) is 17.2 Å². The highest BCUT2D eigenvalue weighted by Gasteiger charge is 2.31.